The van der Waals surface area contributed by atoms with E-state index in [9.17, 15) is 22.4 Å². The zero-order valence-electron chi connectivity index (χ0n) is 15.1. The number of rotatable bonds is 6. The number of carbonyl (C=O) groups is 1. The first kappa shape index (κ1) is 20.3. The Morgan fingerprint density at radius 1 is 1.21 bits per heavy atom. The number of aryl methyl sites for hydroxylation is 1. The fraction of sp³-hybridized carbons (Fsp3) is 0.211. The van der Waals surface area contributed by atoms with Gasteiger partial charge in [0, 0.05) is 13.5 Å². The van der Waals surface area contributed by atoms with Gasteiger partial charge in [-0.2, -0.15) is 18.2 Å². The van der Waals surface area contributed by atoms with Crippen LogP contribution in [0.4, 0.5) is 17.6 Å². The van der Waals surface area contributed by atoms with Gasteiger partial charge in [0.2, 0.25) is 11.7 Å². The Hall–Kier alpha value is -3.43. The van der Waals surface area contributed by atoms with Crippen LogP contribution in [0.15, 0.2) is 47.0 Å². The smallest absolute Gasteiger partial charge is 0.416 e. The van der Waals surface area contributed by atoms with Gasteiger partial charge in [-0.15, -0.1) is 0 Å². The molecule has 3 rings (SSSR count). The van der Waals surface area contributed by atoms with Crippen molar-refractivity contribution in [3.05, 3.63) is 76.7 Å². The molecule has 6 nitrogen and oxygen atoms in total. The molecule has 1 amide bonds. The van der Waals surface area contributed by atoms with E-state index in [1.807, 2.05) is 0 Å². The average Bonchev–Trinajstić information content (AvgIpc) is 3.10. The van der Waals surface area contributed by atoms with Gasteiger partial charge in [-0.05, 0) is 29.8 Å². The fourth-order valence-electron chi connectivity index (χ4n) is 2.56. The molecule has 3 aromatic rings. The lowest BCUT2D eigenvalue weighted by Gasteiger charge is -2.14. The summed E-state index contributed by atoms with van der Waals surface area (Å²) in [5.41, 5.74) is -1.29. The molecule has 0 atom stereocenters. The highest BCUT2D eigenvalue weighted by atomic mass is 19.4. The molecular weight excluding hydrogens is 394 g/mol. The van der Waals surface area contributed by atoms with E-state index in [4.69, 9.17) is 9.26 Å². The van der Waals surface area contributed by atoms with Crippen molar-refractivity contribution in [2.75, 3.05) is 0 Å². The standard InChI is InChI=1S/C19H15F4N3O3/c1-11-25-17(26-29-11)10-28-16-5-3-2-4-14(16)18(27)24-9-12-6-7-13(20)8-15(12)19(21,22)23/h2-8H,9-10H2,1H3,(H,24,27). The van der Waals surface area contributed by atoms with Gasteiger partial charge in [0.1, 0.15) is 11.6 Å². The summed E-state index contributed by atoms with van der Waals surface area (Å²) in [7, 11) is 0. The molecule has 1 heterocycles. The minimum atomic E-state index is -4.74. The third kappa shape index (κ3) is 5.09. The molecule has 10 heteroatoms. The van der Waals surface area contributed by atoms with Crippen LogP contribution in [0.1, 0.15) is 33.2 Å². The first-order chi connectivity index (χ1) is 13.7. The van der Waals surface area contributed by atoms with E-state index < -0.39 is 30.0 Å². The molecule has 0 fully saturated rings. The lowest BCUT2D eigenvalue weighted by Crippen LogP contribution is -2.25. The van der Waals surface area contributed by atoms with E-state index in [1.54, 1.807) is 19.1 Å². The van der Waals surface area contributed by atoms with Crippen molar-refractivity contribution in [1.29, 1.82) is 0 Å². The Labute approximate surface area is 162 Å². The second-order valence-electron chi connectivity index (χ2n) is 6.00. The molecule has 0 unspecified atom stereocenters. The molecule has 0 aliphatic carbocycles. The minimum absolute atomic E-state index is 0.0577. The van der Waals surface area contributed by atoms with Crippen molar-refractivity contribution in [2.45, 2.75) is 26.3 Å². The highest BCUT2D eigenvalue weighted by Crippen LogP contribution is 2.32. The summed E-state index contributed by atoms with van der Waals surface area (Å²) in [5.74, 6) is -0.832. The number of amides is 1. The van der Waals surface area contributed by atoms with Crippen LogP contribution in [0.3, 0.4) is 0 Å². The van der Waals surface area contributed by atoms with E-state index in [1.165, 1.54) is 12.1 Å². The molecule has 1 aromatic heterocycles. The van der Waals surface area contributed by atoms with Crippen molar-refractivity contribution in [2.24, 2.45) is 0 Å². The summed E-state index contributed by atoms with van der Waals surface area (Å²) in [6.07, 6.45) is -4.74. The summed E-state index contributed by atoms with van der Waals surface area (Å²) < 4.78 is 62.8. The van der Waals surface area contributed by atoms with Crippen LogP contribution < -0.4 is 10.1 Å². The van der Waals surface area contributed by atoms with Crippen LogP contribution >= 0.6 is 0 Å². The van der Waals surface area contributed by atoms with Crippen molar-refractivity contribution in [3.63, 3.8) is 0 Å². The Kier molecular flexibility index (Phi) is 5.81. The summed E-state index contributed by atoms with van der Waals surface area (Å²) in [6.45, 7) is 1.12. The number of benzene rings is 2. The predicted octanol–water partition coefficient (Wildman–Crippen LogP) is 4.04. The monoisotopic (exact) mass is 409 g/mol. The number of ether oxygens (including phenoxy) is 1. The summed E-state index contributed by atoms with van der Waals surface area (Å²) in [6, 6.07) is 8.49. The molecular formula is C19H15F4N3O3. The quantitative estimate of drug-likeness (QED) is 0.622. The zero-order chi connectivity index (χ0) is 21.0. The molecule has 0 spiro atoms. The number of carbonyl (C=O) groups excluding carboxylic acids is 1. The first-order valence-electron chi connectivity index (χ1n) is 8.39. The van der Waals surface area contributed by atoms with Gasteiger partial charge >= 0.3 is 6.18 Å². The molecule has 0 bridgehead atoms. The SMILES string of the molecule is Cc1nc(COc2ccccc2C(=O)NCc2ccc(F)cc2C(F)(F)F)no1. The molecule has 1 N–H and O–H groups in total. The lowest BCUT2D eigenvalue weighted by atomic mass is 10.1. The maximum absolute atomic E-state index is 13.2. The normalized spacial score (nSPS) is 11.3. The number of alkyl halides is 3. The van der Waals surface area contributed by atoms with Crippen LogP contribution in [0, 0.1) is 12.7 Å². The summed E-state index contributed by atoms with van der Waals surface area (Å²) in [5, 5.41) is 6.07. The molecule has 0 saturated heterocycles. The molecule has 2 aromatic carbocycles. The van der Waals surface area contributed by atoms with Gasteiger partial charge in [-0.3, -0.25) is 4.79 Å². The third-order valence-electron chi connectivity index (χ3n) is 3.87. The van der Waals surface area contributed by atoms with Gasteiger partial charge in [0.05, 0.1) is 11.1 Å². The Morgan fingerprint density at radius 2 is 1.97 bits per heavy atom. The fourth-order valence-corrected chi connectivity index (χ4v) is 2.56. The van der Waals surface area contributed by atoms with Crippen molar-refractivity contribution in [3.8, 4) is 5.75 Å². The highest BCUT2D eigenvalue weighted by Gasteiger charge is 2.33. The van der Waals surface area contributed by atoms with Gasteiger partial charge in [-0.1, -0.05) is 23.4 Å². The molecule has 0 aliphatic heterocycles. The van der Waals surface area contributed by atoms with E-state index in [0.29, 0.717) is 12.0 Å². The molecule has 0 aliphatic rings. The molecule has 0 radical (unpaired) electrons. The number of hydrogen-bond donors (Lipinski definition) is 1. The van der Waals surface area contributed by atoms with Crippen LogP contribution in [0.5, 0.6) is 5.75 Å². The highest BCUT2D eigenvalue weighted by molar-refractivity contribution is 5.96. The second kappa shape index (κ2) is 8.29. The first-order valence-corrected chi connectivity index (χ1v) is 8.39. The molecule has 152 valence electrons. The number of para-hydroxylation sites is 1. The van der Waals surface area contributed by atoms with Crippen molar-refractivity contribution in [1.82, 2.24) is 15.5 Å². The van der Waals surface area contributed by atoms with Gasteiger partial charge in [-0.25, -0.2) is 4.39 Å². The van der Waals surface area contributed by atoms with Crippen LogP contribution in [0.25, 0.3) is 0 Å². The van der Waals surface area contributed by atoms with Gasteiger partial charge < -0.3 is 14.6 Å². The Morgan fingerprint density at radius 3 is 2.66 bits per heavy atom. The van der Waals surface area contributed by atoms with Crippen LogP contribution in [-0.4, -0.2) is 16.0 Å². The topological polar surface area (TPSA) is 77.2 Å². The van der Waals surface area contributed by atoms with Crippen molar-refractivity contribution >= 4 is 5.91 Å². The zero-order valence-corrected chi connectivity index (χ0v) is 15.1. The summed E-state index contributed by atoms with van der Waals surface area (Å²) >= 11 is 0. The minimum Gasteiger partial charge on any atom is -0.485 e. The molecule has 29 heavy (non-hydrogen) atoms. The number of aromatic nitrogens is 2. The third-order valence-corrected chi connectivity index (χ3v) is 3.87. The second-order valence-corrected chi connectivity index (χ2v) is 6.00. The van der Waals surface area contributed by atoms with E-state index in [-0.39, 0.29) is 29.3 Å². The Bertz CT molecular complexity index is 1020. The van der Waals surface area contributed by atoms with E-state index in [0.717, 1.165) is 12.1 Å². The number of hydrogen-bond acceptors (Lipinski definition) is 5. The van der Waals surface area contributed by atoms with E-state index in [2.05, 4.69) is 15.5 Å². The lowest BCUT2D eigenvalue weighted by molar-refractivity contribution is -0.138. The average molecular weight is 409 g/mol. The molecule has 0 saturated carbocycles. The van der Waals surface area contributed by atoms with Crippen LogP contribution in [0.2, 0.25) is 0 Å². The van der Waals surface area contributed by atoms with E-state index >= 15 is 0 Å². The number of nitrogens with zero attached hydrogens (tertiary/aromatic N) is 2. The maximum Gasteiger partial charge on any atom is 0.416 e. The maximum atomic E-state index is 13.2. The van der Waals surface area contributed by atoms with Crippen LogP contribution in [-0.2, 0) is 19.3 Å². The Balaban J connectivity index is 1.72. The predicted molar refractivity (Wildman–Crippen MR) is 92.4 cm³/mol. The number of nitrogens with one attached hydrogen (secondary N) is 1. The number of halogens is 4. The largest absolute Gasteiger partial charge is 0.485 e. The van der Waals surface area contributed by atoms with Crippen molar-refractivity contribution < 1.29 is 31.6 Å². The summed E-state index contributed by atoms with van der Waals surface area (Å²) in [4.78, 5) is 16.5. The van der Waals surface area contributed by atoms with Gasteiger partial charge in [0.15, 0.2) is 6.61 Å². The van der Waals surface area contributed by atoms with Gasteiger partial charge in [0.25, 0.3) is 5.91 Å².